The van der Waals surface area contributed by atoms with Crippen LogP contribution in [0.25, 0.3) is 11.0 Å². The molecule has 0 radical (unpaired) electrons. The van der Waals surface area contributed by atoms with Gasteiger partial charge in [0.2, 0.25) is 5.76 Å². The van der Waals surface area contributed by atoms with Crippen LogP contribution in [0.5, 0.6) is 0 Å². The molecule has 0 saturated carbocycles. The Kier molecular flexibility index (Phi) is 5.21. The first-order chi connectivity index (χ1) is 13.6. The molecular formula is C21H19ClN2O4. The SMILES string of the molecule is O=C(COC(=O)c1cc2cc(Cl)ccc2o1)Nc1ccc(N2CCCC2)cc1. The standard InChI is InChI=1S/C21H19ClN2O4/c22-15-3-8-18-14(11-15)12-19(28-18)21(26)27-13-20(25)23-16-4-6-17(7-5-16)24-9-1-2-10-24/h3-8,11-12H,1-2,9-10,13H2,(H,23,25). The number of ether oxygens (including phenoxy) is 1. The van der Waals surface area contributed by atoms with E-state index in [1.165, 1.54) is 12.8 Å². The van der Waals surface area contributed by atoms with Crippen molar-refractivity contribution in [1.82, 2.24) is 0 Å². The highest BCUT2D eigenvalue weighted by Crippen LogP contribution is 2.24. The lowest BCUT2D eigenvalue weighted by atomic mass is 10.2. The zero-order valence-corrected chi connectivity index (χ0v) is 15.9. The molecule has 0 aliphatic carbocycles. The van der Waals surface area contributed by atoms with Crippen LogP contribution in [-0.2, 0) is 9.53 Å². The minimum absolute atomic E-state index is 0.0278. The molecule has 28 heavy (non-hydrogen) atoms. The fourth-order valence-electron chi connectivity index (χ4n) is 3.25. The van der Waals surface area contributed by atoms with Gasteiger partial charge in [-0.25, -0.2) is 4.79 Å². The second kappa shape index (κ2) is 7.94. The summed E-state index contributed by atoms with van der Waals surface area (Å²) in [6.07, 6.45) is 2.42. The van der Waals surface area contributed by atoms with Crippen LogP contribution < -0.4 is 10.2 Å². The highest BCUT2D eigenvalue weighted by atomic mass is 35.5. The molecule has 1 aliphatic rings. The van der Waals surface area contributed by atoms with Crippen molar-refractivity contribution in [3.05, 3.63) is 59.3 Å². The van der Waals surface area contributed by atoms with E-state index in [4.69, 9.17) is 20.8 Å². The number of halogens is 1. The molecular weight excluding hydrogens is 380 g/mol. The van der Waals surface area contributed by atoms with E-state index in [9.17, 15) is 9.59 Å². The van der Waals surface area contributed by atoms with Gasteiger partial charge in [0, 0.05) is 34.9 Å². The average molecular weight is 399 g/mol. The van der Waals surface area contributed by atoms with Gasteiger partial charge in [0.05, 0.1) is 0 Å². The fraction of sp³-hybridized carbons (Fsp3) is 0.238. The number of furan rings is 1. The Morgan fingerprint density at radius 1 is 1.07 bits per heavy atom. The Labute approximate surface area is 167 Å². The minimum Gasteiger partial charge on any atom is -0.450 e. The average Bonchev–Trinajstić information content (AvgIpc) is 3.36. The lowest BCUT2D eigenvalue weighted by Crippen LogP contribution is -2.21. The number of benzene rings is 2. The third-order valence-corrected chi connectivity index (χ3v) is 4.87. The summed E-state index contributed by atoms with van der Waals surface area (Å²) in [5, 5.41) is 3.96. The van der Waals surface area contributed by atoms with Crippen LogP contribution >= 0.6 is 11.6 Å². The predicted octanol–water partition coefficient (Wildman–Crippen LogP) is 4.48. The lowest BCUT2D eigenvalue weighted by Gasteiger charge is -2.17. The van der Waals surface area contributed by atoms with E-state index < -0.39 is 18.5 Å². The van der Waals surface area contributed by atoms with E-state index in [0.29, 0.717) is 21.7 Å². The van der Waals surface area contributed by atoms with Gasteiger partial charge >= 0.3 is 5.97 Å². The van der Waals surface area contributed by atoms with Crippen molar-refractivity contribution in [3.8, 4) is 0 Å². The van der Waals surface area contributed by atoms with Crippen LogP contribution in [0.15, 0.2) is 52.9 Å². The molecule has 4 rings (SSSR count). The first kappa shape index (κ1) is 18.4. The van der Waals surface area contributed by atoms with Gasteiger partial charge in [-0.2, -0.15) is 0 Å². The molecule has 1 aromatic heterocycles. The maximum absolute atomic E-state index is 12.1. The van der Waals surface area contributed by atoms with Crippen molar-refractivity contribution < 1.29 is 18.7 Å². The zero-order chi connectivity index (χ0) is 19.5. The van der Waals surface area contributed by atoms with Gasteiger partial charge in [-0.1, -0.05) is 11.6 Å². The third kappa shape index (κ3) is 4.12. The van der Waals surface area contributed by atoms with Crippen LogP contribution in [-0.4, -0.2) is 31.6 Å². The normalized spacial score (nSPS) is 13.7. The molecule has 7 heteroatoms. The summed E-state index contributed by atoms with van der Waals surface area (Å²) in [7, 11) is 0. The summed E-state index contributed by atoms with van der Waals surface area (Å²) >= 11 is 5.92. The summed E-state index contributed by atoms with van der Waals surface area (Å²) in [5.74, 6) is -1.09. The van der Waals surface area contributed by atoms with Crippen LogP contribution in [0, 0.1) is 0 Å². The Morgan fingerprint density at radius 3 is 2.57 bits per heavy atom. The van der Waals surface area contributed by atoms with Crippen LogP contribution in [0.2, 0.25) is 5.02 Å². The molecule has 1 fully saturated rings. The second-order valence-electron chi connectivity index (χ2n) is 6.66. The smallest absolute Gasteiger partial charge is 0.374 e. The van der Waals surface area contributed by atoms with Crippen molar-refractivity contribution in [3.63, 3.8) is 0 Å². The number of carbonyl (C=O) groups excluding carboxylic acids is 2. The number of carbonyl (C=O) groups is 2. The molecule has 1 amide bonds. The first-order valence-electron chi connectivity index (χ1n) is 9.09. The van der Waals surface area contributed by atoms with Crippen molar-refractivity contribution in [2.45, 2.75) is 12.8 Å². The number of anilines is 2. The summed E-state index contributed by atoms with van der Waals surface area (Å²) in [6.45, 7) is 1.73. The van der Waals surface area contributed by atoms with Crippen molar-refractivity contribution in [2.75, 3.05) is 29.9 Å². The topological polar surface area (TPSA) is 71.8 Å². The maximum Gasteiger partial charge on any atom is 0.374 e. The molecule has 1 N–H and O–H groups in total. The van der Waals surface area contributed by atoms with E-state index >= 15 is 0 Å². The lowest BCUT2D eigenvalue weighted by molar-refractivity contribution is -0.119. The van der Waals surface area contributed by atoms with Gasteiger partial charge in [-0.3, -0.25) is 4.79 Å². The zero-order valence-electron chi connectivity index (χ0n) is 15.1. The molecule has 0 spiro atoms. The number of amides is 1. The summed E-state index contributed by atoms with van der Waals surface area (Å²) < 4.78 is 10.5. The summed E-state index contributed by atoms with van der Waals surface area (Å²) in [4.78, 5) is 26.5. The van der Waals surface area contributed by atoms with Gasteiger partial charge in [0.1, 0.15) is 5.58 Å². The van der Waals surface area contributed by atoms with E-state index in [1.807, 2.05) is 24.3 Å². The van der Waals surface area contributed by atoms with Crippen molar-refractivity contribution in [2.24, 2.45) is 0 Å². The number of hydrogen-bond donors (Lipinski definition) is 1. The van der Waals surface area contributed by atoms with E-state index in [-0.39, 0.29) is 5.76 Å². The van der Waals surface area contributed by atoms with E-state index in [0.717, 1.165) is 18.8 Å². The molecule has 1 aliphatic heterocycles. The molecule has 0 atom stereocenters. The van der Waals surface area contributed by atoms with Gasteiger partial charge in [0.15, 0.2) is 6.61 Å². The molecule has 144 valence electrons. The number of hydrogen-bond acceptors (Lipinski definition) is 5. The summed E-state index contributed by atoms with van der Waals surface area (Å²) in [5.41, 5.74) is 2.33. The van der Waals surface area contributed by atoms with E-state index in [2.05, 4.69) is 10.2 Å². The molecule has 3 aromatic rings. The molecule has 6 nitrogen and oxygen atoms in total. The molecule has 2 aromatic carbocycles. The van der Waals surface area contributed by atoms with Crippen LogP contribution in [0.1, 0.15) is 23.4 Å². The van der Waals surface area contributed by atoms with Crippen molar-refractivity contribution >= 4 is 45.8 Å². The highest BCUT2D eigenvalue weighted by molar-refractivity contribution is 6.31. The number of nitrogens with one attached hydrogen (secondary N) is 1. The van der Waals surface area contributed by atoms with Gasteiger partial charge in [-0.15, -0.1) is 0 Å². The number of fused-ring (bicyclic) bond motifs is 1. The van der Waals surface area contributed by atoms with Crippen LogP contribution in [0.4, 0.5) is 11.4 Å². The fourth-order valence-corrected chi connectivity index (χ4v) is 3.43. The van der Waals surface area contributed by atoms with Crippen molar-refractivity contribution in [1.29, 1.82) is 0 Å². The largest absolute Gasteiger partial charge is 0.450 e. The Bertz CT molecular complexity index is 1010. The molecule has 0 bridgehead atoms. The Morgan fingerprint density at radius 2 is 1.82 bits per heavy atom. The molecule has 1 saturated heterocycles. The highest BCUT2D eigenvalue weighted by Gasteiger charge is 2.16. The summed E-state index contributed by atoms with van der Waals surface area (Å²) in [6, 6.07) is 14.2. The third-order valence-electron chi connectivity index (χ3n) is 4.64. The monoisotopic (exact) mass is 398 g/mol. The number of esters is 1. The van der Waals surface area contributed by atoms with Gasteiger partial charge < -0.3 is 19.4 Å². The Hall–Kier alpha value is -2.99. The quantitative estimate of drug-likeness (QED) is 0.641. The minimum atomic E-state index is -0.702. The number of nitrogens with zero attached hydrogens (tertiary/aromatic N) is 1. The second-order valence-corrected chi connectivity index (χ2v) is 7.09. The Balaban J connectivity index is 1.31. The van der Waals surface area contributed by atoms with Crippen LogP contribution in [0.3, 0.4) is 0 Å². The van der Waals surface area contributed by atoms with Gasteiger partial charge in [0.25, 0.3) is 5.91 Å². The molecule has 2 heterocycles. The van der Waals surface area contributed by atoms with Gasteiger partial charge in [-0.05, 0) is 61.4 Å². The molecule has 0 unspecified atom stereocenters. The van der Waals surface area contributed by atoms with E-state index in [1.54, 1.807) is 24.3 Å². The first-order valence-corrected chi connectivity index (χ1v) is 9.47. The maximum atomic E-state index is 12.1. The predicted molar refractivity (Wildman–Crippen MR) is 108 cm³/mol. The number of rotatable bonds is 5.